The maximum atomic E-state index is 2.58. The predicted octanol–water partition coefficient (Wildman–Crippen LogP) is 18.1. The maximum Gasteiger partial charge on any atom is 0.0540 e. The quantitative estimate of drug-likeness (QED) is 0.161. The summed E-state index contributed by atoms with van der Waals surface area (Å²) in [6.07, 6.45) is 12.2. The van der Waals surface area contributed by atoms with Gasteiger partial charge in [0.05, 0.1) is 5.69 Å². The molecule has 0 aromatic heterocycles. The van der Waals surface area contributed by atoms with Crippen molar-refractivity contribution < 1.29 is 0 Å². The molecule has 2 spiro atoms. The predicted molar refractivity (Wildman–Crippen MR) is 285 cm³/mol. The molecule has 0 N–H and O–H groups in total. The van der Waals surface area contributed by atoms with Crippen LogP contribution in [-0.4, -0.2) is 0 Å². The third-order valence-electron chi connectivity index (χ3n) is 19.3. The second-order valence-corrected chi connectivity index (χ2v) is 22.5. The fraction of sp³-hybridized carbons (Fsp3) is 0.313. The van der Waals surface area contributed by atoms with Crippen LogP contribution in [0.2, 0.25) is 0 Å². The van der Waals surface area contributed by atoms with Gasteiger partial charge in [-0.3, -0.25) is 0 Å². The third-order valence-corrected chi connectivity index (χ3v) is 19.3. The van der Waals surface area contributed by atoms with Gasteiger partial charge in [0.2, 0.25) is 0 Å². The molecule has 4 bridgehead atoms. The van der Waals surface area contributed by atoms with Crippen LogP contribution in [0.3, 0.4) is 0 Å². The second-order valence-electron chi connectivity index (χ2n) is 22.5. The van der Waals surface area contributed by atoms with E-state index in [-0.39, 0.29) is 10.8 Å². The molecule has 4 fully saturated rings. The Bertz CT molecular complexity index is 3270. The minimum Gasteiger partial charge on any atom is -0.310 e. The topological polar surface area (TPSA) is 3.24 Å². The monoisotopic (exact) mass is 881 g/mol. The maximum absolute atomic E-state index is 2.58. The number of fused-ring (bicyclic) bond motifs is 17. The fourth-order valence-electron chi connectivity index (χ4n) is 17.0. The SMILES string of the molecule is CC[C@H]1C[C@H]2CC[C@H](C2)[C@]12c1ccccc1-c1cc(N(c3ccc(-c4ccccc4)cc3)c3ccc(-c4ccc5c(c4)-c4ccccc4[C@]54[C@H]5CC(C[C@@H](C)C5)C[C@@H]4C)c4ccccc34)ccc12. The average molecular weight is 882 g/mol. The largest absolute Gasteiger partial charge is 0.310 e. The molecule has 4 saturated carbocycles. The Morgan fingerprint density at radius 3 is 1.84 bits per heavy atom. The Morgan fingerprint density at radius 2 is 1.04 bits per heavy atom. The molecular formula is C67H63N. The van der Waals surface area contributed by atoms with Gasteiger partial charge in [0, 0.05) is 27.6 Å². The van der Waals surface area contributed by atoms with Crippen LogP contribution in [0.4, 0.5) is 17.1 Å². The van der Waals surface area contributed by atoms with Crippen LogP contribution in [0, 0.1) is 41.4 Å². The fourth-order valence-corrected chi connectivity index (χ4v) is 17.0. The van der Waals surface area contributed by atoms with Gasteiger partial charge in [-0.1, -0.05) is 173 Å². The molecule has 6 aliphatic carbocycles. The molecule has 6 aliphatic rings. The molecule has 0 aliphatic heterocycles. The molecule has 68 heavy (non-hydrogen) atoms. The Labute approximate surface area is 404 Å². The van der Waals surface area contributed by atoms with Gasteiger partial charge in [0.15, 0.2) is 0 Å². The van der Waals surface area contributed by atoms with E-state index in [2.05, 4.69) is 202 Å². The Hall–Kier alpha value is -6.18. The van der Waals surface area contributed by atoms with Gasteiger partial charge in [-0.05, 0) is 195 Å². The molecular weight excluding hydrogens is 819 g/mol. The van der Waals surface area contributed by atoms with E-state index >= 15 is 0 Å². The molecule has 8 aromatic rings. The summed E-state index contributed by atoms with van der Waals surface area (Å²) in [5.41, 5.74) is 21.1. The number of anilines is 3. The van der Waals surface area contributed by atoms with Crippen LogP contribution < -0.4 is 4.90 Å². The summed E-state index contributed by atoms with van der Waals surface area (Å²) in [6, 6.07) is 68.5. The lowest BCUT2D eigenvalue weighted by Crippen LogP contribution is -2.49. The number of hydrogen-bond acceptors (Lipinski definition) is 1. The van der Waals surface area contributed by atoms with Crippen LogP contribution in [0.5, 0.6) is 0 Å². The first-order chi connectivity index (χ1) is 33.4. The van der Waals surface area contributed by atoms with E-state index in [1.807, 2.05) is 0 Å². The summed E-state index contributed by atoms with van der Waals surface area (Å²) in [6.45, 7) is 7.56. The highest BCUT2D eigenvalue weighted by Crippen LogP contribution is 2.67. The Morgan fingerprint density at radius 1 is 0.426 bits per heavy atom. The molecule has 1 heteroatoms. The highest BCUT2D eigenvalue weighted by Gasteiger charge is 2.58. The standard InChI is InChI=1S/C67H63N/c1-4-49-37-44-22-26-50(38-44)67(49)62-21-13-11-18-57(62)60-41-53(29-32-64(60)67)68(52-27-23-47(24-28-52)46-14-6-5-7-15-46)65-33-30-54(55-16-8-9-19-58(55)65)48-25-31-63-59(40-48)56-17-10-12-20-61(56)66(63)43(3)36-45-34-42(2)35-51(66)39-45/h5-21,23-25,27-33,40-45,49-51H,4,22,26,34-39H2,1-3H3/t42-,43+,44-,45?,49+,50-,51-,66+,67+/m1/s1. The molecule has 0 amide bonds. The molecule has 0 saturated heterocycles. The Balaban J connectivity index is 0.931. The van der Waals surface area contributed by atoms with Gasteiger partial charge >= 0.3 is 0 Å². The van der Waals surface area contributed by atoms with Crippen molar-refractivity contribution in [3.63, 3.8) is 0 Å². The average Bonchev–Trinajstić information content (AvgIpc) is 4.02. The molecule has 8 aromatic carbocycles. The number of nitrogens with zero attached hydrogens (tertiary/aromatic N) is 1. The lowest BCUT2D eigenvalue weighted by molar-refractivity contribution is 0.0426. The zero-order valence-electron chi connectivity index (χ0n) is 40.1. The van der Waals surface area contributed by atoms with Gasteiger partial charge in [0.25, 0.3) is 0 Å². The van der Waals surface area contributed by atoms with E-state index in [0.29, 0.717) is 23.7 Å². The molecule has 0 heterocycles. The van der Waals surface area contributed by atoms with Crippen LogP contribution >= 0.6 is 0 Å². The van der Waals surface area contributed by atoms with E-state index in [4.69, 9.17) is 0 Å². The second kappa shape index (κ2) is 15.4. The highest BCUT2D eigenvalue weighted by atomic mass is 15.1. The van der Waals surface area contributed by atoms with E-state index in [9.17, 15) is 0 Å². The summed E-state index contributed by atoms with van der Waals surface area (Å²) >= 11 is 0. The zero-order chi connectivity index (χ0) is 45.3. The van der Waals surface area contributed by atoms with E-state index in [1.54, 1.807) is 22.3 Å². The van der Waals surface area contributed by atoms with Crippen LogP contribution in [0.25, 0.3) is 55.3 Å². The highest BCUT2D eigenvalue weighted by molar-refractivity contribution is 6.07. The lowest BCUT2D eigenvalue weighted by atomic mass is 9.49. The van der Waals surface area contributed by atoms with Crippen LogP contribution in [0.1, 0.15) is 101 Å². The molecule has 336 valence electrons. The summed E-state index contributed by atoms with van der Waals surface area (Å²) in [5.74, 6) is 5.28. The lowest BCUT2D eigenvalue weighted by Gasteiger charge is -2.54. The van der Waals surface area contributed by atoms with Gasteiger partial charge < -0.3 is 4.90 Å². The minimum atomic E-state index is 0.0993. The first-order valence-corrected chi connectivity index (χ1v) is 26.4. The summed E-state index contributed by atoms with van der Waals surface area (Å²) in [5, 5.41) is 2.56. The number of hydrogen-bond donors (Lipinski definition) is 0. The molecule has 1 nitrogen and oxygen atoms in total. The summed E-state index contributed by atoms with van der Waals surface area (Å²) < 4.78 is 0. The van der Waals surface area contributed by atoms with Crippen molar-refractivity contribution in [3.8, 4) is 44.5 Å². The van der Waals surface area contributed by atoms with E-state index in [0.717, 1.165) is 17.8 Å². The minimum absolute atomic E-state index is 0.0993. The third kappa shape index (κ3) is 5.68. The molecule has 0 radical (unpaired) electrons. The van der Waals surface area contributed by atoms with Crippen molar-refractivity contribution in [3.05, 3.63) is 198 Å². The normalized spacial score (nSPS) is 28.1. The van der Waals surface area contributed by atoms with Crippen molar-refractivity contribution in [1.29, 1.82) is 0 Å². The zero-order valence-corrected chi connectivity index (χ0v) is 40.1. The van der Waals surface area contributed by atoms with E-state index < -0.39 is 0 Å². The summed E-state index contributed by atoms with van der Waals surface area (Å²) in [7, 11) is 0. The number of benzene rings is 8. The molecule has 1 unspecified atom stereocenters. The van der Waals surface area contributed by atoms with Gasteiger partial charge in [0.1, 0.15) is 0 Å². The van der Waals surface area contributed by atoms with Crippen molar-refractivity contribution >= 4 is 27.8 Å². The van der Waals surface area contributed by atoms with Gasteiger partial charge in [-0.2, -0.15) is 0 Å². The Kier molecular flexibility index (Phi) is 9.26. The van der Waals surface area contributed by atoms with E-state index in [1.165, 1.54) is 130 Å². The van der Waals surface area contributed by atoms with Crippen molar-refractivity contribution in [2.24, 2.45) is 41.4 Å². The molecule has 9 atom stereocenters. The van der Waals surface area contributed by atoms with Gasteiger partial charge in [-0.25, -0.2) is 0 Å². The molecule has 14 rings (SSSR count). The summed E-state index contributed by atoms with van der Waals surface area (Å²) in [4.78, 5) is 2.56. The van der Waals surface area contributed by atoms with Crippen LogP contribution in [0.15, 0.2) is 176 Å². The number of rotatable bonds is 6. The van der Waals surface area contributed by atoms with Crippen LogP contribution in [-0.2, 0) is 10.8 Å². The van der Waals surface area contributed by atoms with Crippen molar-refractivity contribution in [1.82, 2.24) is 0 Å². The van der Waals surface area contributed by atoms with Crippen molar-refractivity contribution in [2.45, 2.75) is 89.4 Å². The smallest absolute Gasteiger partial charge is 0.0540 e. The van der Waals surface area contributed by atoms with Gasteiger partial charge in [-0.15, -0.1) is 0 Å². The first kappa shape index (κ1) is 40.8. The van der Waals surface area contributed by atoms with Crippen molar-refractivity contribution in [2.75, 3.05) is 4.90 Å². The first-order valence-electron chi connectivity index (χ1n) is 26.4.